The summed E-state index contributed by atoms with van der Waals surface area (Å²) >= 11 is 3.41. The van der Waals surface area contributed by atoms with Crippen molar-refractivity contribution in [3.8, 4) is 43.9 Å². The quantitative estimate of drug-likeness (QED) is 0.410. The van der Waals surface area contributed by atoms with E-state index in [2.05, 4.69) is 67.1 Å². The van der Waals surface area contributed by atoms with Crippen LogP contribution in [0.15, 0.2) is 71.7 Å². The van der Waals surface area contributed by atoms with Crippen LogP contribution in [-0.2, 0) is 0 Å². The van der Waals surface area contributed by atoms with Gasteiger partial charge in [0, 0.05) is 11.1 Å². The zero-order valence-corrected chi connectivity index (χ0v) is 15.3. The third-order valence-electron chi connectivity index (χ3n) is 4.16. The number of nitrogens with zero attached hydrogens (tertiary/aromatic N) is 2. The summed E-state index contributed by atoms with van der Waals surface area (Å²) in [6.07, 6.45) is 3.77. The lowest BCUT2D eigenvalue weighted by atomic mass is 10.1. The van der Waals surface area contributed by atoms with E-state index in [0.29, 0.717) is 0 Å². The Morgan fingerprint density at radius 3 is 1.46 bits per heavy atom. The fourth-order valence-electron chi connectivity index (χ4n) is 2.84. The molecule has 0 spiro atoms. The van der Waals surface area contributed by atoms with E-state index in [-0.39, 0.29) is 0 Å². The zero-order valence-electron chi connectivity index (χ0n) is 13.6. The molecule has 4 nitrogen and oxygen atoms in total. The van der Waals surface area contributed by atoms with E-state index in [9.17, 15) is 0 Å². The Bertz CT molecular complexity index is 1030. The van der Waals surface area contributed by atoms with Crippen LogP contribution in [0.1, 0.15) is 0 Å². The van der Waals surface area contributed by atoms with Crippen molar-refractivity contribution in [3.63, 3.8) is 0 Å². The van der Waals surface area contributed by atoms with Crippen LogP contribution in [0.3, 0.4) is 0 Å². The molecule has 1 aromatic carbocycles. The number of imidazole rings is 2. The number of thiophene rings is 2. The molecule has 0 fully saturated rings. The topological polar surface area (TPSA) is 57.4 Å². The van der Waals surface area contributed by atoms with Crippen molar-refractivity contribution in [1.82, 2.24) is 19.9 Å². The minimum absolute atomic E-state index is 0.874. The summed E-state index contributed by atoms with van der Waals surface area (Å²) in [4.78, 5) is 18.2. The van der Waals surface area contributed by atoms with Gasteiger partial charge < -0.3 is 9.97 Å². The molecule has 0 aliphatic carbocycles. The Balaban J connectivity index is 1.41. The summed E-state index contributed by atoms with van der Waals surface area (Å²) in [6, 6.07) is 16.5. The Labute approximate surface area is 158 Å². The molecule has 126 valence electrons. The van der Waals surface area contributed by atoms with Gasteiger partial charge in [-0.2, -0.15) is 0 Å². The maximum absolute atomic E-state index is 4.51. The third-order valence-corrected chi connectivity index (χ3v) is 5.96. The van der Waals surface area contributed by atoms with Crippen LogP contribution in [0, 0.1) is 0 Å². The van der Waals surface area contributed by atoms with Gasteiger partial charge in [0.15, 0.2) is 0 Å². The second-order valence-corrected chi connectivity index (χ2v) is 7.72. The highest BCUT2D eigenvalue weighted by Crippen LogP contribution is 2.28. The average Bonchev–Trinajstić information content (AvgIpc) is 3.49. The van der Waals surface area contributed by atoms with Gasteiger partial charge in [0.25, 0.3) is 0 Å². The van der Waals surface area contributed by atoms with E-state index in [1.807, 2.05) is 24.5 Å². The molecule has 26 heavy (non-hydrogen) atoms. The van der Waals surface area contributed by atoms with Crippen LogP contribution in [0.2, 0.25) is 0 Å². The molecule has 0 saturated heterocycles. The molecule has 0 atom stereocenters. The molecule has 0 aliphatic rings. The van der Waals surface area contributed by atoms with Gasteiger partial charge in [0.1, 0.15) is 11.6 Å². The van der Waals surface area contributed by atoms with Gasteiger partial charge in [0.05, 0.1) is 33.5 Å². The molecule has 0 unspecified atom stereocenters. The molecular weight excluding hydrogens is 360 g/mol. The third kappa shape index (κ3) is 2.79. The van der Waals surface area contributed by atoms with Crippen molar-refractivity contribution < 1.29 is 0 Å². The van der Waals surface area contributed by atoms with Crippen LogP contribution < -0.4 is 0 Å². The average molecular weight is 374 g/mol. The Morgan fingerprint density at radius 1 is 0.615 bits per heavy atom. The first-order valence-electron chi connectivity index (χ1n) is 8.15. The Kier molecular flexibility index (Phi) is 3.77. The Morgan fingerprint density at radius 2 is 1.08 bits per heavy atom. The number of nitrogens with one attached hydrogen (secondary N) is 2. The van der Waals surface area contributed by atoms with E-state index >= 15 is 0 Å². The maximum Gasteiger partial charge on any atom is 0.137 e. The molecule has 0 bridgehead atoms. The molecule has 4 heterocycles. The van der Waals surface area contributed by atoms with Crippen molar-refractivity contribution in [2.24, 2.45) is 0 Å². The van der Waals surface area contributed by atoms with Crippen LogP contribution in [-0.4, -0.2) is 19.9 Å². The van der Waals surface area contributed by atoms with Crippen LogP contribution in [0.4, 0.5) is 0 Å². The second kappa shape index (κ2) is 6.40. The predicted molar refractivity (Wildman–Crippen MR) is 108 cm³/mol. The first-order valence-corrected chi connectivity index (χ1v) is 9.91. The number of hydrogen-bond donors (Lipinski definition) is 2. The molecular formula is C20H14N4S2. The monoisotopic (exact) mass is 374 g/mol. The largest absolute Gasteiger partial charge is 0.337 e. The normalized spacial score (nSPS) is 11.1. The maximum atomic E-state index is 4.51. The molecule has 0 amide bonds. The summed E-state index contributed by atoms with van der Waals surface area (Å²) in [5, 5.41) is 4.14. The van der Waals surface area contributed by atoms with Crippen molar-refractivity contribution in [2.45, 2.75) is 0 Å². The molecule has 4 aromatic heterocycles. The molecule has 0 radical (unpaired) electrons. The van der Waals surface area contributed by atoms with E-state index in [4.69, 9.17) is 0 Å². The lowest BCUT2D eigenvalue weighted by molar-refractivity contribution is 1.29. The summed E-state index contributed by atoms with van der Waals surface area (Å²) in [6.45, 7) is 0. The smallest absolute Gasteiger partial charge is 0.137 e. The zero-order chi connectivity index (χ0) is 17.3. The van der Waals surface area contributed by atoms with Crippen LogP contribution >= 0.6 is 22.7 Å². The first-order chi connectivity index (χ1) is 12.9. The molecule has 0 saturated carbocycles. The highest BCUT2D eigenvalue weighted by Gasteiger charge is 2.09. The molecule has 6 heteroatoms. The lowest BCUT2D eigenvalue weighted by Gasteiger charge is -2.00. The molecule has 5 rings (SSSR count). The number of benzene rings is 1. The number of aromatic amines is 2. The number of rotatable bonds is 4. The standard InChI is InChI=1S/C20H14N4S2/c1-3-17(25-9-1)15-11-21-19(23-15)13-5-7-14(8-6-13)20-22-12-16(24-20)18-4-2-10-26-18/h1-12H,(H,21,23)(H,22,24). The molecule has 2 N–H and O–H groups in total. The second-order valence-electron chi connectivity index (χ2n) is 5.82. The molecule has 5 aromatic rings. The van der Waals surface area contributed by atoms with Gasteiger partial charge in [-0.25, -0.2) is 9.97 Å². The highest BCUT2D eigenvalue weighted by atomic mass is 32.1. The van der Waals surface area contributed by atoms with E-state index in [0.717, 1.165) is 34.2 Å². The van der Waals surface area contributed by atoms with Crippen LogP contribution in [0.5, 0.6) is 0 Å². The SMILES string of the molecule is c1csc(-c2cnc(-c3ccc(-c4ncc(-c5cccs5)[nH]4)cc3)[nH]2)c1. The predicted octanol–water partition coefficient (Wildman–Crippen LogP) is 5.92. The van der Waals surface area contributed by atoms with Crippen LogP contribution in [0.25, 0.3) is 43.9 Å². The minimum atomic E-state index is 0.874. The van der Waals surface area contributed by atoms with Crippen molar-refractivity contribution in [1.29, 1.82) is 0 Å². The van der Waals surface area contributed by atoms with Crippen molar-refractivity contribution >= 4 is 22.7 Å². The highest BCUT2D eigenvalue weighted by molar-refractivity contribution is 7.13. The number of H-pyrrole nitrogens is 2. The number of hydrogen-bond acceptors (Lipinski definition) is 4. The van der Waals surface area contributed by atoms with Gasteiger partial charge in [-0.05, 0) is 22.9 Å². The fourth-order valence-corrected chi connectivity index (χ4v) is 4.22. The number of aromatic nitrogens is 4. The van der Waals surface area contributed by atoms with Gasteiger partial charge in [-0.1, -0.05) is 36.4 Å². The van der Waals surface area contributed by atoms with Crippen molar-refractivity contribution in [2.75, 3.05) is 0 Å². The summed E-state index contributed by atoms with van der Waals surface area (Å²) in [5.74, 6) is 1.75. The fraction of sp³-hybridized carbons (Fsp3) is 0. The first kappa shape index (κ1) is 15.3. The minimum Gasteiger partial charge on any atom is -0.337 e. The van der Waals surface area contributed by atoms with Gasteiger partial charge in [0.2, 0.25) is 0 Å². The summed E-state index contributed by atoms with van der Waals surface area (Å²) < 4.78 is 0. The van der Waals surface area contributed by atoms with E-state index in [1.165, 1.54) is 9.75 Å². The Hall–Kier alpha value is -2.96. The van der Waals surface area contributed by atoms with E-state index < -0.39 is 0 Å². The van der Waals surface area contributed by atoms with Gasteiger partial charge >= 0.3 is 0 Å². The molecule has 0 aliphatic heterocycles. The summed E-state index contributed by atoms with van der Waals surface area (Å²) in [7, 11) is 0. The van der Waals surface area contributed by atoms with E-state index in [1.54, 1.807) is 22.7 Å². The van der Waals surface area contributed by atoms with Gasteiger partial charge in [-0.3, -0.25) is 0 Å². The van der Waals surface area contributed by atoms with Crippen molar-refractivity contribution in [3.05, 3.63) is 71.7 Å². The lowest BCUT2D eigenvalue weighted by Crippen LogP contribution is -1.84. The van der Waals surface area contributed by atoms with Gasteiger partial charge in [-0.15, -0.1) is 22.7 Å². The summed E-state index contributed by atoms with van der Waals surface area (Å²) in [5.41, 5.74) is 4.21.